The Morgan fingerprint density at radius 3 is 1.80 bits per heavy atom. The fourth-order valence-electron chi connectivity index (χ4n) is 0. The van der Waals surface area contributed by atoms with Gasteiger partial charge >= 0.3 is 0 Å². The van der Waals surface area contributed by atoms with Gasteiger partial charge in [0.1, 0.15) is 0 Å². The average molecular weight is 87.1 g/mol. The molecule has 0 N–H and O–H groups in total. The Kier molecular flexibility index (Phi) is 2.14. The monoisotopic (exact) mass is 87.0 g/mol. The molecule has 0 aliphatic carbocycles. The van der Waals surface area contributed by atoms with Crippen molar-refractivity contribution in [3.05, 3.63) is 0 Å². The second-order valence-corrected chi connectivity index (χ2v) is 2.98. The van der Waals surface area contributed by atoms with Crippen LogP contribution in [-0.4, -0.2) is 13.3 Å². The molecule has 0 aromatic rings. The molecule has 2 heteroatoms. The zero-order valence-electron chi connectivity index (χ0n) is 3.39. The van der Waals surface area contributed by atoms with Crippen LogP contribution >= 0.6 is 7.92 Å². The molecule has 28 valence electrons. The van der Waals surface area contributed by atoms with E-state index in [2.05, 4.69) is 5.81 Å². The first kappa shape index (κ1) is 4.92. The summed E-state index contributed by atoms with van der Waals surface area (Å²) in [5, 5.41) is 7.92. The molecule has 0 saturated carbocycles. The van der Waals surface area contributed by atoms with Crippen molar-refractivity contribution in [2.45, 2.75) is 0 Å². The maximum absolute atomic E-state index is 7.92. The van der Waals surface area contributed by atoms with E-state index in [-0.39, 0.29) is 7.92 Å². The lowest BCUT2D eigenvalue weighted by Crippen LogP contribution is -1.49. The maximum Gasteiger partial charge on any atom is 0.0866 e. The van der Waals surface area contributed by atoms with Gasteiger partial charge in [-0.2, -0.15) is 5.26 Å². The van der Waals surface area contributed by atoms with Crippen LogP contribution in [0.1, 0.15) is 0 Å². The average Bonchev–Trinajstić information content (AvgIpc) is 1.38. The van der Waals surface area contributed by atoms with E-state index in [9.17, 15) is 0 Å². The zero-order chi connectivity index (χ0) is 4.28. The molecule has 0 fully saturated rings. The molecule has 0 amide bonds. The first-order valence-electron chi connectivity index (χ1n) is 1.34. The standard InChI is InChI=1S/C3H6NP/c1-5(2)3-4/h1-2H3. The Balaban J connectivity index is 2.94. The highest BCUT2D eigenvalue weighted by Crippen LogP contribution is 2.19. The molecule has 1 nitrogen and oxygen atoms in total. The van der Waals surface area contributed by atoms with Crippen molar-refractivity contribution in [3.8, 4) is 5.81 Å². The van der Waals surface area contributed by atoms with Crippen LogP contribution < -0.4 is 0 Å². The van der Waals surface area contributed by atoms with Crippen LogP contribution in [0.25, 0.3) is 0 Å². The van der Waals surface area contributed by atoms with Gasteiger partial charge in [-0.25, -0.2) is 0 Å². The van der Waals surface area contributed by atoms with Gasteiger partial charge in [-0.15, -0.1) is 0 Å². The normalized spacial score (nSPS) is 7.60. The fourth-order valence-corrected chi connectivity index (χ4v) is 0. The molecule has 0 spiro atoms. The summed E-state index contributed by atoms with van der Waals surface area (Å²) in [6.45, 7) is 3.85. The Morgan fingerprint density at radius 1 is 1.60 bits per heavy atom. The molecule has 0 saturated heterocycles. The van der Waals surface area contributed by atoms with Gasteiger partial charge in [0.25, 0.3) is 0 Å². The van der Waals surface area contributed by atoms with Gasteiger partial charge in [0.2, 0.25) is 0 Å². The lowest BCUT2D eigenvalue weighted by atomic mass is 11.8. The van der Waals surface area contributed by atoms with Gasteiger partial charge in [0, 0.05) is 0 Å². The van der Waals surface area contributed by atoms with Crippen LogP contribution in [0.5, 0.6) is 0 Å². The fraction of sp³-hybridized carbons (Fsp3) is 0.667. The summed E-state index contributed by atoms with van der Waals surface area (Å²) in [5.41, 5.74) is 0. The first-order valence-corrected chi connectivity index (χ1v) is 3.58. The number of hydrogen-bond donors (Lipinski definition) is 0. The molecular formula is C3H6NP. The predicted octanol–water partition coefficient (Wildman–Crippen LogP) is 1.21. The Hall–Kier alpha value is -0.0800. The van der Waals surface area contributed by atoms with Crippen molar-refractivity contribution in [1.82, 2.24) is 0 Å². The van der Waals surface area contributed by atoms with E-state index in [1.807, 2.05) is 13.3 Å². The van der Waals surface area contributed by atoms with Crippen LogP contribution in [0.15, 0.2) is 0 Å². The Morgan fingerprint density at radius 2 is 1.80 bits per heavy atom. The number of hydrogen-bond acceptors (Lipinski definition) is 1. The van der Waals surface area contributed by atoms with Crippen LogP contribution in [0.3, 0.4) is 0 Å². The van der Waals surface area contributed by atoms with Gasteiger partial charge in [-0.1, -0.05) is 0 Å². The van der Waals surface area contributed by atoms with E-state index >= 15 is 0 Å². The van der Waals surface area contributed by atoms with Crippen LogP contribution in [-0.2, 0) is 0 Å². The topological polar surface area (TPSA) is 23.8 Å². The van der Waals surface area contributed by atoms with Crippen molar-refractivity contribution in [1.29, 1.82) is 5.26 Å². The highest BCUT2D eigenvalue weighted by Gasteiger charge is 1.77. The van der Waals surface area contributed by atoms with Gasteiger partial charge in [-0.05, 0) is 21.3 Å². The van der Waals surface area contributed by atoms with Gasteiger partial charge in [0.05, 0.1) is 5.81 Å². The molecule has 0 rings (SSSR count). The van der Waals surface area contributed by atoms with E-state index in [1.54, 1.807) is 0 Å². The summed E-state index contributed by atoms with van der Waals surface area (Å²) in [5.74, 6) is 2.09. The molecule has 0 radical (unpaired) electrons. The van der Waals surface area contributed by atoms with E-state index in [0.29, 0.717) is 0 Å². The van der Waals surface area contributed by atoms with Crippen LogP contribution in [0, 0.1) is 11.1 Å². The van der Waals surface area contributed by atoms with Gasteiger partial charge in [-0.3, -0.25) is 0 Å². The third kappa shape index (κ3) is 3.92. The number of nitrogens with zero attached hydrogens (tertiary/aromatic N) is 1. The third-order valence-corrected chi connectivity index (χ3v) is 0.600. The molecule has 0 aliphatic heterocycles. The molecule has 0 heterocycles. The highest BCUT2D eigenvalue weighted by atomic mass is 31.1. The third-order valence-electron chi connectivity index (χ3n) is 0.200. The van der Waals surface area contributed by atoms with Gasteiger partial charge < -0.3 is 0 Å². The minimum absolute atomic E-state index is 0.293. The largest absolute Gasteiger partial charge is 0.193 e. The second-order valence-electron chi connectivity index (χ2n) is 0.994. The van der Waals surface area contributed by atoms with Crippen molar-refractivity contribution in [2.75, 3.05) is 13.3 Å². The molecule has 0 aliphatic rings. The minimum Gasteiger partial charge on any atom is -0.193 e. The SMILES string of the molecule is CP(C)C#N. The quantitative estimate of drug-likeness (QED) is 0.407. The van der Waals surface area contributed by atoms with Crippen LogP contribution in [0.2, 0.25) is 0 Å². The van der Waals surface area contributed by atoms with E-state index in [1.165, 1.54) is 0 Å². The molecule has 0 aromatic carbocycles. The second kappa shape index (κ2) is 2.18. The minimum atomic E-state index is -0.293. The lowest BCUT2D eigenvalue weighted by Gasteiger charge is -1.77. The Labute approximate surface area is 33.4 Å². The van der Waals surface area contributed by atoms with Crippen molar-refractivity contribution in [2.24, 2.45) is 0 Å². The first-order chi connectivity index (χ1) is 2.27. The highest BCUT2D eigenvalue weighted by molar-refractivity contribution is 7.61. The van der Waals surface area contributed by atoms with Crippen LogP contribution in [0.4, 0.5) is 0 Å². The molecular weight excluding hydrogens is 81.0 g/mol. The zero-order valence-corrected chi connectivity index (χ0v) is 4.29. The van der Waals surface area contributed by atoms with Crippen molar-refractivity contribution >= 4 is 7.92 Å². The number of nitriles is 1. The summed E-state index contributed by atoms with van der Waals surface area (Å²) >= 11 is 0. The lowest BCUT2D eigenvalue weighted by molar-refractivity contribution is 1.56. The molecule has 5 heavy (non-hydrogen) atoms. The van der Waals surface area contributed by atoms with E-state index in [0.717, 1.165) is 0 Å². The summed E-state index contributed by atoms with van der Waals surface area (Å²) in [7, 11) is -0.293. The smallest absolute Gasteiger partial charge is 0.0866 e. The van der Waals surface area contributed by atoms with E-state index < -0.39 is 0 Å². The predicted molar refractivity (Wildman–Crippen MR) is 24.4 cm³/mol. The molecule has 0 aromatic heterocycles. The summed E-state index contributed by atoms with van der Waals surface area (Å²) in [6.07, 6.45) is 0. The summed E-state index contributed by atoms with van der Waals surface area (Å²) < 4.78 is 0. The summed E-state index contributed by atoms with van der Waals surface area (Å²) in [4.78, 5) is 0. The van der Waals surface area contributed by atoms with Crippen molar-refractivity contribution < 1.29 is 0 Å². The van der Waals surface area contributed by atoms with E-state index in [4.69, 9.17) is 5.26 Å². The Bertz CT molecular complexity index is 52.4. The van der Waals surface area contributed by atoms with Gasteiger partial charge in [0.15, 0.2) is 0 Å². The maximum atomic E-state index is 7.92. The van der Waals surface area contributed by atoms with Crippen molar-refractivity contribution in [3.63, 3.8) is 0 Å². The molecule has 0 bridgehead atoms. The molecule has 0 unspecified atom stereocenters. The molecule has 0 atom stereocenters. The number of rotatable bonds is 0. The summed E-state index contributed by atoms with van der Waals surface area (Å²) in [6, 6.07) is 0.